The molecule has 4 rings (SSSR count). The molecule has 3 aromatic carbocycles. The number of amides is 1. The molecule has 4 aromatic rings. The maximum atomic E-state index is 12.3. The van der Waals surface area contributed by atoms with E-state index in [1.54, 1.807) is 6.08 Å². The molecule has 0 aliphatic carbocycles. The highest BCUT2D eigenvalue weighted by atomic mass is 32.1. The van der Waals surface area contributed by atoms with E-state index in [0.29, 0.717) is 11.8 Å². The normalized spacial score (nSPS) is 11.3. The van der Waals surface area contributed by atoms with Crippen LogP contribution >= 0.6 is 12.2 Å². The summed E-state index contributed by atoms with van der Waals surface area (Å²) in [6.45, 7) is 8.28. The molecule has 0 aliphatic heterocycles. The SMILES string of the molecule is Cc1ccc2nc(-c3ccc(C)c(NC(=S)NC(=O)/C=C/c4ccc(C(C)C)cc4)c3)oc2c1. The zero-order valence-electron chi connectivity index (χ0n) is 19.7. The summed E-state index contributed by atoms with van der Waals surface area (Å²) >= 11 is 5.36. The van der Waals surface area contributed by atoms with E-state index in [-0.39, 0.29) is 11.0 Å². The number of nitrogens with zero attached hydrogens (tertiary/aromatic N) is 1. The van der Waals surface area contributed by atoms with E-state index in [2.05, 4.69) is 41.6 Å². The van der Waals surface area contributed by atoms with Gasteiger partial charge in [-0.15, -0.1) is 0 Å². The number of oxazole rings is 1. The predicted octanol–water partition coefficient (Wildman–Crippen LogP) is 6.76. The fraction of sp³-hybridized carbons (Fsp3) is 0.179. The van der Waals surface area contributed by atoms with E-state index in [1.165, 1.54) is 11.6 Å². The van der Waals surface area contributed by atoms with Crippen LogP contribution < -0.4 is 10.6 Å². The Bertz CT molecular complexity index is 1380. The second-order valence-corrected chi connectivity index (χ2v) is 9.03. The summed E-state index contributed by atoms with van der Waals surface area (Å²) in [5.74, 6) is 0.706. The number of thiocarbonyl (C=S) groups is 1. The first-order chi connectivity index (χ1) is 16.3. The molecule has 1 aromatic heterocycles. The standard InChI is InChI=1S/C28H27N3O2S/c1-17(2)21-11-7-20(8-12-21)9-14-26(32)31-28(34)30-24-16-22(10-6-19(24)4)27-29-23-13-5-18(3)15-25(23)33-27/h5-17H,1-4H3,(H2,30,31,32,34)/b14-9+. The van der Waals surface area contributed by atoms with Gasteiger partial charge >= 0.3 is 0 Å². The van der Waals surface area contributed by atoms with E-state index in [4.69, 9.17) is 16.6 Å². The van der Waals surface area contributed by atoms with Gasteiger partial charge in [-0.3, -0.25) is 10.1 Å². The lowest BCUT2D eigenvalue weighted by Gasteiger charge is -2.12. The third kappa shape index (κ3) is 5.58. The fourth-order valence-electron chi connectivity index (χ4n) is 3.52. The summed E-state index contributed by atoms with van der Waals surface area (Å²) in [6, 6.07) is 19.9. The molecule has 1 amide bonds. The molecule has 0 radical (unpaired) electrons. The van der Waals surface area contributed by atoms with Crippen LogP contribution in [-0.4, -0.2) is 16.0 Å². The van der Waals surface area contributed by atoms with Gasteiger partial charge in [-0.05, 0) is 84.6 Å². The van der Waals surface area contributed by atoms with Gasteiger partial charge in [-0.1, -0.05) is 50.2 Å². The Morgan fingerprint density at radius 2 is 1.79 bits per heavy atom. The molecule has 0 aliphatic rings. The molecule has 34 heavy (non-hydrogen) atoms. The highest BCUT2D eigenvalue weighted by Gasteiger charge is 2.11. The van der Waals surface area contributed by atoms with Crippen molar-refractivity contribution in [3.05, 3.63) is 89.0 Å². The molecule has 0 fully saturated rings. The van der Waals surface area contributed by atoms with Crippen LogP contribution in [-0.2, 0) is 4.79 Å². The average Bonchev–Trinajstić information content (AvgIpc) is 3.22. The van der Waals surface area contributed by atoms with Crippen molar-refractivity contribution in [2.75, 3.05) is 5.32 Å². The van der Waals surface area contributed by atoms with Crippen molar-refractivity contribution in [2.45, 2.75) is 33.6 Å². The van der Waals surface area contributed by atoms with E-state index < -0.39 is 0 Å². The zero-order valence-corrected chi connectivity index (χ0v) is 20.5. The Balaban J connectivity index is 1.42. The molecule has 0 saturated carbocycles. The number of carbonyl (C=O) groups is 1. The third-order valence-electron chi connectivity index (χ3n) is 5.54. The molecule has 0 spiro atoms. The first-order valence-electron chi connectivity index (χ1n) is 11.2. The summed E-state index contributed by atoms with van der Waals surface area (Å²) in [7, 11) is 0. The van der Waals surface area contributed by atoms with E-state index in [0.717, 1.165) is 39.0 Å². The monoisotopic (exact) mass is 469 g/mol. The lowest BCUT2D eigenvalue weighted by molar-refractivity contribution is -0.115. The molecule has 0 atom stereocenters. The molecular formula is C28H27N3O2S. The van der Waals surface area contributed by atoms with Gasteiger partial charge in [0.25, 0.3) is 0 Å². The lowest BCUT2D eigenvalue weighted by Crippen LogP contribution is -2.33. The minimum Gasteiger partial charge on any atom is -0.436 e. The van der Waals surface area contributed by atoms with Crippen LogP contribution in [0.5, 0.6) is 0 Å². The summed E-state index contributed by atoms with van der Waals surface area (Å²) in [6.07, 6.45) is 3.24. The van der Waals surface area contributed by atoms with Crippen LogP contribution in [0, 0.1) is 13.8 Å². The molecule has 0 bridgehead atoms. The van der Waals surface area contributed by atoms with E-state index >= 15 is 0 Å². The van der Waals surface area contributed by atoms with Gasteiger partial charge in [0.2, 0.25) is 11.8 Å². The van der Waals surface area contributed by atoms with Crippen molar-refractivity contribution < 1.29 is 9.21 Å². The zero-order chi connectivity index (χ0) is 24.2. The van der Waals surface area contributed by atoms with Gasteiger partial charge in [-0.25, -0.2) is 4.98 Å². The van der Waals surface area contributed by atoms with Crippen molar-refractivity contribution in [1.29, 1.82) is 0 Å². The van der Waals surface area contributed by atoms with Gasteiger partial charge in [0.15, 0.2) is 10.7 Å². The number of aryl methyl sites for hydroxylation is 2. The highest BCUT2D eigenvalue weighted by Crippen LogP contribution is 2.28. The summed E-state index contributed by atoms with van der Waals surface area (Å²) in [5.41, 5.74) is 7.46. The Hall–Kier alpha value is -3.77. The Kier molecular flexibility index (Phi) is 6.89. The van der Waals surface area contributed by atoms with Gasteiger partial charge in [0.05, 0.1) is 0 Å². The Labute approximate surface area is 204 Å². The largest absolute Gasteiger partial charge is 0.436 e. The van der Waals surface area contributed by atoms with Crippen molar-refractivity contribution in [3.8, 4) is 11.5 Å². The maximum absolute atomic E-state index is 12.3. The number of nitrogens with one attached hydrogen (secondary N) is 2. The summed E-state index contributed by atoms with van der Waals surface area (Å²) in [5, 5.41) is 6.03. The van der Waals surface area contributed by atoms with Crippen molar-refractivity contribution in [1.82, 2.24) is 10.3 Å². The smallest absolute Gasteiger partial charge is 0.250 e. The van der Waals surface area contributed by atoms with Crippen molar-refractivity contribution >= 4 is 46.1 Å². The minimum absolute atomic E-state index is 0.221. The van der Waals surface area contributed by atoms with Crippen molar-refractivity contribution in [2.24, 2.45) is 0 Å². The van der Waals surface area contributed by atoms with Crippen molar-refractivity contribution in [3.63, 3.8) is 0 Å². The number of rotatable bonds is 5. The van der Waals surface area contributed by atoms with E-state index in [9.17, 15) is 4.79 Å². The number of fused-ring (bicyclic) bond motifs is 1. The number of anilines is 1. The highest BCUT2D eigenvalue weighted by molar-refractivity contribution is 7.80. The van der Waals surface area contributed by atoms with E-state index in [1.807, 2.05) is 62.4 Å². The molecule has 0 saturated heterocycles. The second kappa shape index (κ2) is 10.0. The topological polar surface area (TPSA) is 67.2 Å². The van der Waals surface area contributed by atoms with Crippen LogP contribution in [0.2, 0.25) is 0 Å². The third-order valence-corrected chi connectivity index (χ3v) is 5.75. The number of aromatic nitrogens is 1. The first-order valence-corrected chi connectivity index (χ1v) is 11.6. The molecule has 5 nitrogen and oxygen atoms in total. The molecule has 2 N–H and O–H groups in total. The molecule has 0 unspecified atom stereocenters. The fourth-order valence-corrected chi connectivity index (χ4v) is 3.73. The van der Waals surface area contributed by atoms with Crippen LogP contribution in [0.15, 0.2) is 71.2 Å². The maximum Gasteiger partial charge on any atom is 0.250 e. The number of hydrogen-bond acceptors (Lipinski definition) is 4. The second-order valence-electron chi connectivity index (χ2n) is 8.62. The average molecular weight is 470 g/mol. The molecule has 172 valence electrons. The van der Waals surface area contributed by atoms with Gasteiger partial charge in [0.1, 0.15) is 5.52 Å². The van der Waals surface area contributed by atoms with Crippen LogP contribution in [0.4, 0.5) is 5.69 Å². The molecule has 6 heteroatoms. The van der Waals surface area contributed by atoms with Gasteiger partial charge < -0.3 is 9.73 Å². The number of hydrogen-bond donors (Lipinski definition) is 2. The predicted molar refractivity (Wildman–Crippen MR) is 143 cm³/mol. The minimum atomic E-state index is -0.298. The van der Waals surface area contributed by atoms with Crippen LogP contribution in [0.25, 0.3) is 28.6 Å². The number of benzene rings is 3. The summed E-state index contributed by atoms with van der Waals surface area (Å²) < 4.78 is 5.94. The van der Waals surface area contributed by atoms with Crippen LogP contribution in [0.1, 0.15) is 42.0 Å². The number of carbonyl (C=O) groups excluding carboxylic acids is 1. The first kappa shape index (κ1) is 23.4. The Morgan fingerprint density at radius 3 is 2.53 bits per heavy atom. The lowest BCUT2D eigenvalue weighted by atomic mass is 10.0. The molecule has 1 heterocycles. The van der Waals surface area contributed by atoms with Gasteiger partial charge in [-0.2, -0.15) is 0 Å². The molecular weight excluding hydrogens is 442 g/mol. The summed E-state index contributed by atoms with van der Waals surface area (Å²) in [4.78, 5) is 16.9. The van der Waals surface area contributed by atoms with Crippen LogP contribution in [0.3, 0.4) is 0 Å². The van der Waals surface area contributed by atoms with Gasteiger partial charge in [0, 0.05) is 17.3 Å². The quantitative estimate of drug-likeness (QED) is 0.250. The Morgan fingerprint density at radius 1 is 1.03 bits per heavy atom.